The average Bonchev–Trinajstić information content (AvgIpc) is 3.78. The van der Waals surface area contributed by atoms with Crippen molar-refractivity contribution in [2.75, 3.05) is 19.0 Å². The zero-order chi connectivity index (χ0) is 27.0. The highest BCUT2D eigenvalue weighted by molar-refractivity contribution is 6.13. The van der Waals surface area contributed by atoms with Crippen LogP contribution in [0.1, 0.15) is 59.7 Å². The summed E-state index contributed by atoms with van der Waals surface area (Å²) < 4.78 is 58.3. The van der Waals surface area contributed by atoms with Crippen molar-refractivity contribution in [2.45, 2.75) is 44.2 Å². The van der Waals surface area contributed by atoms with Gasteiger partial charge in [0.25, 0.3) is 0 Å². The van der Waals surface area contributed by atoms with Crippen LogP contribution >= 0.6 is 0 Å². The number of methoxy groups -OCH3 is 1. The monoisotopic (exact) mass is 517 g/mol. The molecule has 4 rings (SSSR count). The molecule has 0 bridgehead atoms. The minimum Gasteiger partial charge on any atom is -0.465 e. The maximum absolute atomic E-state index is 14.6. The molecule has 2 aromatic rings. The maximum atomic E-state index is 14.6. The molecule has 2 aliphatic rings. The third-order valence-corrected chi connectivity index (χ3v) is 7.04. The van der Waals surface area contributed by atoms with Crippen molar-refractivity contribution in [3.63, 3.8) is 0 Å². The first-order chi connectivity index (χ1) is 17.4. The minimum absolute atomic E-state index is 0.104. The first-order valence-electron chi connectivity index (χ1n) is 11.8. The number of nitrogens with one attached hydrogen (secondary N) is 3. The number of anilines is 1. The molecular weight excluding hydrogens is 490 g/mol. The Balaban J connectivity index is 1.58. The van der Waals surface area contributed by atoms with Crippen LogP contribution in [0.15, 0.2) is 42.6 Å². The third kappa shape index (κ3) is 5.52. The molecular formula is C27H27F4N3O3. The summed E-state index contributed by atoms with van der Waals surface area (Å²) in [5.74, 6) is -2.36. The van der Waals surface area contributed by atoms with Crippen molar-refractivity contribution in [1.82, 2.24) is 5.32 Å². The number of carbonyl (C=O) groups excluding carboxylic acids is 2. The van der Waals surface area contributed by atoms with Crippen LogP contribution in [0.4, 0.5) is 23.2 Å². The number of hydrogen-bond acceptors (Lipinski definition) is 5. The van der Waals surface area contributed by atoms with Gasteiger partial charge in [-0.15, -0.1) is 0 Å². The molecule has 2 saturated carbocycles. The van der Waals surface area contributed by atoms with E-state index in [1.165, 1.54) is 13.2 Å². The maximum Gasteiger partial charge on any atom is 0.416 e. The first kappa shape index (κ1) is 26.4. The number of allylic oxidation sites excluding steroid dienone is 1. The predicted molar refractivity (Wildman–Crippen MR) is 131 cm³/mol. The summed E-state index contributed by atoms with van der Waals surface area (Å²) in [6.07, 6.45) is 0.848. The van der Waals surface area contributed by atoms with Gasteiger partial charge in [0, 0.05) is 35.8 Å². The SMILES string of the molecule is COC(=O)c1cc(NC(=O)C2(c3ccc(C(F)(F)F)cc3F)CC2)ccc1/C(C=N)=C/NCC1(C)CC1. The summed E-state index contributed by atoms with van der Waals surface area (Å²) in [5.41, 5.74) is -1.09. The van der Waals surface area contributed by atoms with Gasteiger partial charge >= 0.3 is 12.1 Å². The lowest BCUT2D eigenvalue weighted by Crippen LogP contribution is -2.29. The highest BCUT2D eigenvalue weighted by Crippen LogP contribution is 2.50. The summed E-state index contributed by atoms with van der Waals surface area (Å²) >= 11 is 0. The smallest absolute Gasteiger partial charge is 0.416 e. The van der Waals surface area contributed by atoms with Gasteiger partial charge in [-0.25, -0.2) is 9.18 Å². The standard InChI is InChI=1S/C27H27F4N3O3/c1-25(7-8-25)15-33-14-16(13-32)19-5-4-18(12-20(19)23(35)37-2)34-24(36)26(9-10-26)21-6-3-17(11-22(21)28)27(29,30)31/h3-6,11-14,32-33H,7-10,15H2,1-2H3,(H,34,36)/b16-14+,32-13?. The van der Waals surface area contributed by atoms with Crippen molar-refractivity contribution in [1.29, 1.82) is 5.41 Å². The molecule has 0 aliphatic heterocycles. The Kier molecular flexibility index (Phi) is 6.87. The van der Waals surface area contributed by atoms with E-state index in [4.69, 9.17) is 10.1 Å². The van der Waals surface area contributed by atoms with Gasteiger partial charge in [-0.2, -0.15) is 13.2 Å². The van der Waals surface area contributed by atoms with E-state index in [0.29, 0.717) is 17.2 Å². The topological polar surface area (TPSA) is 91.3 Å². The van der Waals surface area contributed by atoms with Crippen LogP contribution in [-0.4, -0.2) is 31.7 Å². The van der Waals surface area contributed by atoms with E-state index in [9.17, 15) is 27.2 Å². The van der Waals surface area contributed by atoms with Gasteiger partial charge in [0.2, 0.25) is 5.91 Å². The summed E-state index contributed by atoms with van der Waals surface area (Å²) in [4.78, 5) is 25.6. The number of hydrogen-bond donors (Lipinski definition) is 3. The molecule has 0 saturated heterocycles. The highest BCUT2D eigenvalue weighted by Gasteiger charge is 2.53. The van der Waals surface area contributed by atoms with Gasteiger partial charge in [-0.3, -0.25) is 4.79 Å². The zero-order valence-corrected chi connectivity index (χ0v) is 20.4. The number of ether oxygens (including phenoxy) is 1. The Morgan fingerprint density at radius 3 is 2.32 bits per heavy atom. The fourth-order valence-corrected chi connectivity index (χ4v) is 4.22. The van der Waals surface area contributed by atoms with E-state index in [2.05, 4.69) is 17.6 Å². The number of rotatable bonds is 9. The quantitative estimate of drug-likeness (QED) is 0.227. The van der Waals surface area contributed by atoms with E-state index in [1.807, 2.05) is 0 Å². The summed E-state index contributed by atoms with van der Waals surface area (Å²) in [7, 11) is 1.21. The zero-order valence-electron chi connectivity index (χ0n) is 20.4. The molecule has 0 atom stereocenters. The van der Waals surface area contributed by atoms with Crippen molar-refractivity contribution in [2.24, 2.45) is 5.41 Å². The second kappa shape index (κ2) is 9.64. The van der Waals surface area contributed by atoms with E-state index < -0.39 is 34.8 Å². The average molecular weight is 518 g/mol. The molecule has 196 valence electrons. The summed E-state index contributed by atoms with van der Waals surface area (Å²) in [5, 5.41) is 13.7. The molecule has 0 unspecified atom stereocenters. The highest BCUT2D eigenvalue weighted by atomic mass is 19.4. The Morgan fingerprint density at radius 2 is 1.78 bits per heavy atom. The van der Waals surface area contributed by atoms with Crippen molar-refractivity contribution < 1.29 is 31.9 Å². The fraction of sp³-hybridized carbons (Fsp3) is 0.370. The summed E-state index contributed by atoms with van der Waals surface area (Å²) in [6.45, 7) is 2.88. The number of halogens is 4. The molecule has 2 fully saturated rings. The second-order valence-electron chi connectivity index (χ2n) is 9.92. The fourth-order valence-electron chi connectivity index (χ4n) is 4.22. The molecule has 2 aromatic carbocycles. The van der Waals surface area contributed by atoms with Crippen molar-refractivity contribution >= 4 is 29.4 Å². The van der Waals surface area contributed by atoms with Gasteiger partial charge in [0.1, 0.15) is 5.82 Å². The van der Waals surface area contributed by atoms with Crippen LogP contribution in [-0.2, 0) is 21.1 Å². The second-order valence-corrected chi connectivity index (χ2v) is 9.92. The molecule has 1 amide bonds. The molecule has 0 aromatic heterocycles. The third-order valence-electron chi connectivity index (χ3n) is 7.04. The van der Waals surface area contributed by atoms with Gasteiger partial charge in [0.05, 0.1) is 23.7 Å². The normalized spacial score (nSPS) is 17.5. The lowest BCUT2D eigenvalue weighted by atomic mass is 9.93. The van der Waals surface area contributed by atoms with Gasteiger partial charge in [-0.1, -0.05) is 19.1 Å². The van der Waals surface area contributed by atoms with Crippen LogP contribution in [0.25, 0.3) is 5.57 Å². The van der Waals surface area contributed by atoms with Crippen LogP contribution in [0.5, 0.6) is 0 Å². The van der Waals surface area contributed by atoms with Gasteiger partial charge < -0.3 is 20.8 Å². The molecule has 2 aliphatic carbocycles. The van der Waals surface area contributed by atoms with Gasteiger partial charge in [-0.05, 0) is 60.9 Å². The Hall–Kier alpha value is -3.69. The summed E-state index contributed by atoms with van der Waals surface area (Å²) in [6, 6.07) is 6.67. The number of amides is 1. The van der Waals surface area contributed by atoms with Crippen LogP contribution in [0, 0.1) is 16.6 Å². The number of esters is 1. The molecule has 0 spiro atoms. The molecule has 10 heteroatoms. The first-order valence-corrected chi connectivity index (χ1v) is 11.8. The molecule has 0 radical (unpaired) electrons. The molecule has 37 heavy (non-hydrogen) atoms. The van der Waals surface area contributed by atoms with Gasteiger partial charge in [0.15, 0.2) is 0 Å². The Morgan fingerprint density at radius 1 is 1.08 bits per heavy atom. The lowest BCUT2D eigenvalue weighted by Gasteiger charge is -2.19. The van der Waals surface area contributed by atoms with Crippen LogP contribution in [0.3, 0.4) is 0 Å². The number of alkyl halides is 3. The molecule has 6 nitrogen and oxygen atoms in total. The molecule has 0 heterocycles. The van der Waals surface area contributed by atoms with Crippen LogP contribution < -0.4 is 10.6 Å². The van der Waals surface area contributed by atoms with E-state index in [1.54, 1.807) is 18.3 Å². The van der Waals surface area contributed by atoms with Crippen LogP contribution in [0.2, 0.25) is 0 Å². The molecule has 3 N–H and O–H groups in total. The predicted octanol–water partition coefficient (Wildman–Crippen LogP) is 5.68. The van der Waals surface area contributed by atoms with E-state index in [-0.39, 0.29) is 35.1 Å². The van der Waals surface area contributed by atoms with Crippen molar-refractivity contribution in [3.05, 3.63) is 70.7 Å². The Labute approximate surface area is 211 Å². The Bertz CT molecular complexity index is 1280. The lowest BCUT2D eigenvalue weighted by molar-refractivity contribution is -0.137. The largest absolute Gasteiger partial charge is 0.465 e. The minimum atomic E-state index is -4.69. The van der Waals surface area contributed by atoms with E-state index >= 15 is 0 Å². The number of carbonyl (C=O) groups is 2. The van der Waals surface area contributed by atoms with Crippen molar-refractivity contribution in [3.8, 4) is 0 Å². The number of benzene rings is 2. The van der Waals surface area contributed by atoms with E-state index in [0.717, 1.165) is 37.7 Å².